The van der Waals surface area contributed by atoms with Crippen LogP contribution in [0.15, 0.2) is 17.2 Å². The summed E-state index contributed by atoms with van der Waals surface area (Å²) in [5, 5.41) is 15.2. The minimum Gasteiger partial charge on any atom is -0.384 e. The van der Waals surface area contributed by atoms with Gasteiger partial charge in [0.15, 0.2) is 0 Å². The van der Waals surface area contributed by atoms with Crippen molar-refractivity contribution in [3.8, 4) is 0 Å². The molecule has 2 aromatic heterocycles. The molecular weight excluding hydrogens is 232 g/mol. The van der Waals surface area contributed by atoms with Gasteiger partial charge in [0.05, 0.1) is 18.1 Å². The second-order valence-electron chi connectivity index (χ2n) is 3.09. The van der Waals surface area contributed by atoms with E-state index in [0.717, 1.165) is 5.56 Å². The highest BCUT2D eigenvalue weighted by molar-refractivity contribution is 6.32. The van der Waals surface area contributed by atoms with Gasteiger partial charge in [-0.05, 0) is 0 Å². The molecule has 0 aliphatic heterocycles. The molecule has 0 amide bonds. The Bertz CT molecular complexity index is 547. The quantitative estimate of drug-likeness (QED) is 0.618. The van der Waals surface area contributed by atoms with Crippen LogP contribution >= 0.6 is 11.6 Å². The van der Waals surface area contributed by atoms with Gasteiger partial charge in [0.25, 0.3) is 5.56 Å². The number of anilines is 2. The fourth-order valence-corrected chi connectivity index (χ4v) is 1.32. The predicted octanol–water partition coefficient (Wildman–Crippen LogP) is 0.341. The molecule has 2 heterocycles. The first kappa shape index (κ1) is 10.5. The van der Waals surface area contributed by atoms with E-state index < -0.39 is 5.56 Å². The van der Waals surface area contributed by atoms with Crippen molar-refractivity contribution in [2.75, 3.05) is 11.1 Å². The molecule has 0 unspecified atom stereocenters. The number of halogens is 1. The molecule has 84 valence electrons. The Morgan fingerprint density at radius 1 is 1.38 bits per heavy atom. The molecule has 2 aromatic rings. The Kier molecular flexibility index (Phi) is 2.78. The number of hydrogen-bond acceptors (Lipinski definition) is 5. The van der Waals surface area contributed by atoms with E-state index in [4.69, 9.17) is 17.3 Å². The third-order valence-corrected chi connectivity index (χ3v) is 2.39. The van der Waals surface area contributed by atoms with E-state index in [1.165, 1.54) is 6.20 Å². The van der Waals surface area contributed by atoms with Crippen molar-refractivity contribution >= 4 is 23.1 Å². The van der Waals surface area contributed by atoms with Crippen molar-refractivity contribution in [1.82, 2.24) is 20.4 Å². The van der Waals surface area contributed by atoms with E-state index >= 15 is 0 Å². The highest BCUT2D eigenvalue weighted by Gasteiger charge is 2.06. The van der Waals surface area contributed by atoms with Crippen LogP contribution in [0.4, 0.5) is 11.5 Å². The first-order valence-corrected chi connectivity index (χ1v) is 4.81. The highest BCUT2D eigenvalue weighted by atomic mass is 35.5. The van der Waals surface area contributed by atoms with Gasteiger partial charge in [-0.15, -0.1) is 0 Å². The monoisotopic (exact) mass is 240 g/mol. The smallest absolute Gasteiger partial charge is 0.285 e. The minimum absolute atomic E-state index is 0.0667. The zero-order valence-corrected chi connectivity index (χ0v) is 8.88. The maximum absolute atomic E-state index is 11.1. The maximum atomic E-state index is 11.1. The van der Waals surface area contributed by atoms with Gasteiger partial charge in [0, 0.05) is 12.1 Å². The molecule has 0 fully saturated rings. The summed E-state index contributed by atoms with van der Waals surface area (Å²) in [6.07, 6.45) is 3.02. The summed E-state index contributed by atoms with van der Waals surface area (Å²) in [5.41, 5.74) is 6.40. The van der Waals surface area contributed by atoms with Crippen LogP contribution in [0.25, 0.3) is 0 Å². The van der Waals surface area contributed by atoms with Gasteiger partial charge >= 0.3 is 0 Å². The van der Waals surface area contributed by atoms with Crippen LogP contribution in [0.3, 0.4) is 0 Å². The Hall–Kier alpha value is -2.02. The molecule has 2 rings (SSSR count). The normalized spacial score (nSPS) is 10.3. The summed E-state index contributed by atoms with van der Waals surface area (Å²) in [6, 6.07) is 0. The lowest BCUT2D eigenvalue weighted by Gasteiger charge is -2.05. The number of nitrogen functional groups attached to an aromatic ring is 1. The van der Waals surface area contributed by atoms with Crippen LogP contribution in [0, 0.1) is 0 Å². The number of nitrogens with one attached hydrogen (secondary N) is 3. The lowest BCUT2D eigenvalue weighted by molar-refractivity contribution is 0.982. The first-order valence-electron chi connectivity index (χ1n) is 4.43. The van der Waals surface area contributed by atoms with Crippen LogP contribution in [-0.4, -0.2) is 20.4 Å². The average Bonchev–Trinajstić information content (AvgIpc) is 2.67. The number of nitrogens with zero attached hydrogens (tertiary/aromatic N) is 2. The molecular formula is C8H9ClN6O. The summed E-state index contributed by atoms with van der Waals surface area (Å²) < 4.78 is 0. The summed E-state index contributed by atoms with van der Waals surface area (Å²) >= 11 is 5.77. The number of H-pyrrole nitrogens is 2. The third-order valence-electron chi connectivity index (χ3n) is 2.02. The number of aromatic nitrogens is 4. The van der Waals surface area contributed by atoms with Gasteiger partial charge in [-0.2, -0.15) is 10.2 Å². The Balaban J connectivity index is 2.14. The van der Waals surface area contributed by atoms with Gasteiger partial charge < -0.3 is 11.1 Å². The molecule has 0 radical (unpaired) electrons. The van der Waals surface area contributed by atoms with E-state index in [1.54, 1.807) is 6.20 Å². The Morgan fingerprint density at radius 2 is 2.12 bits per heavy atom. The van der Waals surface area contributed by atoms with Crippen molar-refractivity contribution in [3.63, 3.8) is 0 Å². The fraction of sp³-hybridized carbons (Fsp3) is 0.125. The lowest BCUT2D eigenvalue weighted by Crippen LogP contribution is -2.12. The SMILES string of the molecule is Nc1[nH]ncc1CNc1cn[nH]c(=O)c1Cl. The van der Waals surface area contributed by atoms with Crippen molar-refractivity contribution in [1.29, 1.82) is 0 Å². The predicted molar refractivity (Wildman–Crippen MR) is 60.2 cm³/mol. The molecule has 8 heteroatoms. The number of rotatable bonds is 3. The second-order valence-corrected chi connectivity index (χ2v) is 3.47. The highest BCUT2D eigenvalue weighted by Crippen LogP contribution is 2.16. The fourth-order valence-electron chi connectivity index (χ4n) is 1.16. The summed E-state index contributed by atoms with van der Waals surface area (Å²) in [5.74, 6) is 0.474. The molecule has 5 N–H and O–H groups in total. The zero-order valence-electron chi connectivity index (χ0n) is 8.12. The average molecular weight is 241 g/mol. The maximum Gasteiger partial charge on any atom is 0.285 e. The minimum atomic E-state index is -0.438. The summed E-state index contributed by atoms with van der Waals surface area (Å²) in [4.78, 5) is 11.1. The molecule has 0 saturated carbocycles. The topological polar surface area (TPSA) is 112 Å². The molecule has 7 nitrogen and oxygen atoms in total. The Morgan fingerprint density at radius 3 is 2.81 bits per heavy atom. The van der Waals surface area contributed by atoms with Crippen molar-refractivity contribution < 1.29 is 0 Å². The van der Waals surface area contributed by atoms with Crippen molar-refractivity contribution in [2.45, 2.75) is 6.54 Å². The molecule has 0 aliphatic rings. The van der Waals surface area contributed by atoms with Gasteiger partial charge in [-0.25, -0.2) is 5.10 Å². The lowest BCUT2D eigenvalue weighted by atomic mass is 10.3. The zero-order chi connectivity index (χ0) is 11.5. The molecule has 0 bridgehead atoms. The molecule has 0 aliphatic carbocycles. The number of nitrogens with two attached hydrogens (primary N) is 1. The van der Waals surface area contributed by atoms with Gasteiger partial charge in [-0.3, -0.25) is 9.89 Å². The standard InChI is InChI=1S/C8H9ClN6O/c9-6-5(3-13-15-8(6)16)11-1-4-2-12-14-7(4)10/h2-3H,1H2,(H3,10,12,14)(H2,11,15,16). The molecule has 0 aromatic carbocycles. The third kappa shape index (κ3) is 1.98. The van der Waals surface area contributed by atoms with Gasteiger partial charge in [0.1, 0.15) is 10.8 Å². The van der Waals surface area contributed by atoms with E-state index in [2.05, 4.69) is 25.7 Å². The number of aromatic amines is 2. The van der Waals surface area contributed by atoms with Crippen LogP contribution in [0.1, 0.15) is 5.56 Å². The van der Waals surface area contributed by atoms with E-state index in [0.29, 0.717) is 18.1 Å². The molecule has 0 atom stereocenters. The number of hydrogen-bond donors (Lipinski definition) is 4. The Labute approximate surface area is 95.0 Å². The van der Waals surface area contributed by atoms with Crippen molar-refractivity contribution in [3.05, 3.63) is 33.3 Å². The van der Waals surface area contributed by atoms with Crippen LogP contribution in [-0.2, 0) is 6.54 Å². The molecule has 0 spiro atoms. The van der Waals surface area contributed by atoms with Crippen molar-refractivity contribution in [2.24, 2.45) is 0 Å². The van der Waals surface area contributed by atoms with E-state index in [9.17, 15) is 4.79 Å². The van der Waals surface area contributed by atoms with Crippen LogP contribution in [0.2, 0.25) is 5.02 Å². The van der Waals surface area contributed by atoms with Crippen LogP contribution in [0.5, 0.6) is 0 Å². The largest absolute Gasteiger partial charge is 0.384 e. The van der Waals surface area contributed by atoms with E-state index in [1.807, 2.05) is 0 Å². The van der Waals surface area contributed by atoms with Gasteiger partial charge in [-0.1, -0.05) is 11.6 Å². The molecule has 16 heavy (non-hydrogen) atoms. The second kappa shape index (κ2) is 4.23. The molecule has 0 saturated heterocycles. The first-order chi connectivity index (χ1) is 7.68. The van der Waals surface area contributed by atoms with Gasteiger partial charge in [0.2, 0.25) is 0 Å². The summed E-state index contributed by atoms with van der Waals surface area (Å²) in [6.45, 7) is 0.410. The van der Waals surface area contributed by atoms with E-state index in [-0.39, 0.29) is 5.02 Å². The summed E-state index contributed by atoms with van der Waals surface area (Å²) in [7, 11) is 0. The van der Waals surface area contributed by atoms with Crippen LogP contribution < -0.4 is 16.6 Å².